The number of anilines is 2. The number of hydrogen-bond acceptors (Lipinski definition) is 8. The maximum Gasteiger partial charge on any atom is 0.407 e. The Bertz CT molecular complexity index is 1350. The summed E-state index contributed by atoms with van der Waals surface area (Å²) in [5.74, 6) is 1.36. The van der Waals surface area contributed by atoms with Gasteiger partial charge in [-0.1, -0.05) is 30.3 Å². The van der Waals surface area contributed by atoms with Crippen LogP contribution in [0.25, 0.3) is 10.8 Å². The number of ether oxygens (including phenoxy) is 2. The topological polar surface area (TPSA) is 94.5 Å². The van der Waals surface area contributed by atoms with Crippen LogP contribution in [0.2, 0.25) is 0 Å². The van der Waals surface area contributed by atoms with Crippen molar-refractivity contribution in [2.24, 2.45) is 0 Å². The molecule has 0 radical (unpaired) electrons. The van der Waals surface area contributed by atoms with Crippen molar-refractivity contribution < 1.29 is 19.4 Å². The fourth-order valence-electron chi connectivity index (χ4n) is 5.96. The van der Waals surface area contributed by atoms with Crippen molar-refractivity contribution in [1.29, 1.82) is 0 Å². The minimum atomic E-state index is -0.891. The second-order valence-electron chi connectivity index (χ2n) is 10.7. The first-order valence-electron chi connectivity index (χ1n) is 13.8. The Balaban J connectivity index is 1.34. The molecule has 2 aromatic carbocycles. The molecule has 1 N–H and O–H groups in total. The van der Waals surface area contributed by atoms with E-state index in [1.54, 1.807) is 0 Å². The highest BCUT2D eigenvalue weighted by Gasteiger charge is 2.30. The van der Waals surface area contributed by atoms with E-state index in [1.165, 1.54) is 27.7 Å². The highest BCUT2D eigenvalue weighted by molar-refractivity contribution is 5.97. The zero-order chi connectivity index (χ0) is 26.9. The molecule has 206 valence electrons. The molecule has 10 heteroatoms. The molecule has 2 fully saturated rings. The minimum Gasteiger partial charge on any atom is -0.486 e. The van der Waals surface area contributed by atoms with Crippen molar-refractivity contribution in [3.8, 4) is 11.8 Å². The number of nitrogens with zero attached hydrogens (tertiary/aromatic N) is 6. The van der Waals surface area contributed by atoms with Gasteiger partial charge in [0.15, 0.2) is 11.6 Å². The third kappa shape index (κ3) is 5.13. The third-order valence-electron chi connectivity index (χ3n) is 8.20. The monoisotopic (exact) mass is 532 g/mol. The molecule has 3 aliphatic rings. The molecule has 0 aliphatic carbocycles. The predicted molar refractivity (Wildman–Crippen MR) is 150 cm³/mol. The van der Waals surface area contributed by atoms with E-state index in [-0.39, 0.29) is 0 Å². The first-order chi connectivity index (χ1) is 19.0. The number of piperazine rings is 1. The normalized spacial score (nSPS) is 20.1. The Labute approximate surface area is 228 Å². The van der Waals surface area contributed by atoms with Crippen LogP contribution in [0.5, 0.6) is 11.8 Å². The number of rotatable bonds is 5. The molecule has 1 amide bonds. The van der Waals surface area contributed by atoms with Crippen molar-refractivity contribution in [3.63, 3.8) is 0 Å². The zero-order valence-corrected chi connectivity index (χ0v) is 22.7. The van der Waals surface area contributed by atoms with Gasteiger partial charge in [-0.3, -0.25) is 0 Å². The van der Waals surface area contributed by atoms with Gasteiger partial charge in [0.1, 0.15) is 18.9 Å². The van der Waals surface area contributed by atoms with Crippen molar-refractivity contribution in [2.75, 3.05) is 69.3 Å². The zero-order valence-electron chi connectivity index (χ0n) is 22.7. The molecule has 4 heterocycles. The molecule has 0 saturated carbocycles. The first kappa shape index (κ1) is 25.5. The van der Waals surface area contributed by atoms with Gasteiger partial charge in [0.25, 0.3) is 0 Å². The van der Waals surface area contributed by atoms with Crippen molar-refractivity contribution in [3.05, 3.63) is 47.7 Å². The Morgan fingerprint density at radius 1 is 1.05 bits per heavy atom. The number of hydrogen-bond donors (Lipinski definition) is 1. The summed E-state index contributed by atoms with van der Waals surface area (Å²) in [6.07, 6.45) is 1.38. The number of aryl methyl sites for hydroxylation is 1. The number of aromatic nitrogens is 2. The van der Waals surface area contributed by atoms with E-state index in [1.807, 2.05) is 0 Å². The summed E-state index contributed by atoms with van der Waals surface area (Å²) in [5.41, 5.74) is 3.18. The summed E-state index contributed by atoms with van der Waals surface area (Å²) in [7, 11) is 2.13. The van der Waals surface area contributed by atoms with Crippen LogP contribution in [-0.4, -0.2) is 96.5 Å². The highest BCUT2D eigenvalue weighted by Crippen LogP contribution is 2.37. The van der Waals surface area contributed by atoms with Crippen LogP contribution in [0.3, 0.4) is 0 Å². The minimum absolute atomic E-state index is 0.348. The number of benzene rings is 2. The van der Waals surface area contributed by atoms with Gasteiger partial charge in [0, 0.05) is 43.3 Å². The molecule has 0 unspecified atom stereocenters. The predicted octanol–water partition coefficient (Wildman–Crippen LogP) is 3.61. The van der Waals surface area contributed by atoms with Gasteiger partial charge in [0.05, 0.1) is 13.1 Å². The van der Waals surface area contributed by atoms with Crippen LogP contribution in [-0.2, 0) is 6.54 Å². The lowest BCUT2D eigenvalue weighted by atomic mass is 10.0. The maximum atomic E-state index is 11.5. The number of carbonyl (C=O) groups is 1. The standard InChI is InChI=1S/C29H36N6O4/c1-20-6-3-7-21-8-4-10-24(25(20)21)35-16-17-38-26-23(18-35)30-28(39-19-22-9-5-11-32(22)2)31-27(26)33-12-14-34(15-13-33)29(36)37/h3-4,6-8,10,22H,5,9,11-19H2,1-2H3,(H,36,37)/t22-/m0/s1. The highest BCUT2D eigenvalue weighted by atomic mass is 16.5. The number of amides is 1. The summed E-state index contributed by atoms with van der Waals surface area (Å²) in [6, 6.07) is 13.5. The van der Waals surface area contributed by atoms with E-state index in [2.05, 4.69) is 65.1 Å². The number of fused-ring (bicyclic) bond motifs is 2. The van der Waals surface area contributed by atoms with Crippen LogP contribution in [0.15, 0.2) is 36.4 Å². The largest absolute Gasteiger partial charge is 0.486 e. The van der Waals surface area contributed by atoms with Crippen LogP contribution < -0.4 is 19.3 Å². The van der Waals surface area contributed by atoms with E-state index in [0.717, 1.165) is 24.3 Å². The van der Waals surface area contributed by atoms with E-state index in [9.17, 15) is 9.90 Å². The second-order valence-corrected chi connectivity index (χ2v) is 10.7. The Kier molecular flexibility index (Phi) is 7.03. The van der Waals surface area contributed by atoms with E-state index < -0.39 is 6.09 Å². The molecule has 3 aromatic rings. The Morgan fingerprint density at radius 3 is 2.59 bits per heavy atom. The molecule has 3 aliphatic heterocycles. The molecule has 1 aromatic heterocycles. The lowest BCUT2D eigenvalue weighted by Gasteiger charge is -2.34. The molecule has 10 nitrogen and oxygen atoms in total. The lowest BCUT2D eigenvalue weighted by molar-refractivity contribution is 0.142. The average molecular weight is 533 g/mol. The molecule has 39 heavy (non-hydrogen) atoms. The van der Waals surface area contributed by atoms with E-state index in [4.69, 9.17) is 19.4 Å². The molecule has 1 atom stereocenters. The van der Waals surface area contributed by atoms with Gasteiger partial charge >= 0.3 is 12.1 Å². The molecule has 0 bridgehead atoms. The molecular formula is C29H36N6O4. The molecule has 6 rings (SSSR count). The van der Waals surface area contributed by atoms with Crippen LogP contribution >= 0.6 is 0 Å². The molecular weight excluding hydrogens is 496 g/mol. The molecule has 2 saturated heterocycles. The van der Waals surface area contributed by atoms with E-state index >= 15 is 0 Å². The van der Waals surface area contributed by atoms with Gasteiger partial charge in [-0.25, -0.2) is 4.79 Å². The lowest BCUT2D eigenvalue weighted by Crippen LogP contribution is -2.48. The third-order valence-corrected chi connectivity index (χ3v) is 8.20. The summed E-state index contributed by atoms with van der Waals surface area (Å²) < 4.78 is 12.6. The summed E-state index contributed by atoms with van der Waals surface area (Å²) in [4.78, 5) is 29.4. The number of likely N-dealkylation sites (tertiary alicyclic amines) is 1. The molecule has 0 spiro atoms. The smallest absolute Gasteiger partial charge is 0.407 e. The SMILES string of the molecule is Cc1cccc2cccc(N3CCOc4c(nc(OC[C@@H]5CCCN5C)nc4N4CCN(C(=O)O)CC4)C3)c12. The van der Waals surface area contributed by atoms with Crippen LogP contribution in [0.1, 0.15) is 24.1 Å². The van der Waals surface area contributed by atoms with Gasteiger partial charge in [0.2, 0.25) is 0 Å². The van der Waals surface area contributed by atoms with Crippen molar-refractivity contribution in [1.82, 2.24) is 19.8 Å². The Morgan fingerprint density at radius 2 is 1.85 bits per heavy atom. The summed E-state index contributed by atoms with van der Waals surface area (Å²) in [5, 5.41) is 11.9. The van der Waals surface area contributed by atoms with E-state index in [0.29, 0.717) is 76.1 Å². The second kappa shape index (κ2) is 10.8. The average Bonchev–Trinajstić information content (AvgIpc) is 3.23. The number of carboxylic acid groups (broad SMARTS) is 1. The summed E-state index contributed by atoms with van der Waals surface area (Å²) in [6.45, 7) is 7.43. The summed E-state index contributed by atoms with van der Waals surface area (Å²) >= 11 is 0. The maximum absolute atomic E-state index is 11.5. The first-order valence-corrected chi connectivity index (χ1v) is 13.8. The van der Waals surface area contributed by atoms with Crippen molar-refractivity contribution >= 4 is 28.4 Å². The van der Waals surface area contributed by atoms with Gasteiger partial charge in [-0.05, 0) is 50.4 Å². The fraction of sp³-hybridized carbons (Fsp3) is 0.483. The van der Waals surface area contributed by atoms with Crippen molar-refractivity contribution in [2.45, 2.75) is 32.4 Å². The fourth-order valence-corrected chi connectivity index (χ4v) is 5.96. The van der Waals surface area contributed by atoms with Gasteiger partial charge in [-0.15, -0.1) is 0 Å². The Hall–Kier alpha value is -3.79. The van der Waals surface area contributed by atoms with Gasteiger partial charge in [-0.2, -0.15) is 9.97 Å². The van der Waals surface area contributed by atoms with Gasteiger partial charge < -0.3 is 34.2 Å². The van der Waals surface area contributed by atoms with Crippen LogP contribution in [0.4, 0.5) is 16.3 Å². The van der Waals surface area contributed by atoms with Crippen LogP contribution in [0, 0.1) is 6.92 Å². The number of likely N-dealkylation sites (N-methyl/N-ethyl adjacent to an activating group) is 1. The quantitative estimate of drug-likeness (QED) is 0.529.